The molecule has 1 rings (SSSR count). The van der Waals surface area contributed by atoms with Gasteiger partial charge in [0, 0.05) is 0 Å². The standard InChI is InChI=1S/C13H21NO/c1-10(2)8-11-4-6-12(7-5-11)13(9-15)14-3/h4-7,10,13-15H,8-9H2,1-3H3. The van der Waals surface area contributed by atoms with Crippen molar-refractivity contribution in [3.05, 3.63) is 35.4 Å². The molecule has 2 nitrogen and oxygen atoms in total. The van der Waals surface area contributed by atoms with Gasteiger partial charge in [0.05, 0.1) is 12.6 Å². The lowest BCUT2D eigenvalue weighted by atomic mass is 10.00. The van der Waals surface area contributed by atoms with Crippen LogP contribution in [0.2, 0.25) is 0 Å². The third-order valence-corrected chi connectivity index (χ3v) is 2.56. The van der Waals surface area contributed by atoms with Crippen molar-refractivity contribution in [2.24, 2.45) is 5.92 Å². The molecule has 15 heavy (non-hydrogen) atoms. The first-order valence-electron chi connectivity index (χ1n) is 5.54. The van der Waals surface area contributed by atoms with Crippen LogP contribution in [0.3, 0.4) is 0 Å². The fourth-order valence-corrected chi connectivity index (χ4v) is 1.72. The zero-order valence-electron chi connectivity index (χ0n) is 9.83. The first-order valence-corrected chi connectivity index (χ1v) is 5.54. The first kappa shape index (κ1) is 12.2. The van der Waals surface area contributed by atoms with Crippen molar-refractivity contribution in [3.63, 3.8) is 0 Å². The smallest absolute Gasteiger partial charge is 0.0626 e. The molecule has 0 heterocycles. The van der Waals surface area contributed by atoms with Gasteiger partial charge in [0.1, 0.15) is 0 Å². The maximum atomic E-state index is 9.13. The SMILES string of the molecule is CNC(CO)c1ccc(CC(C)C)cc1. The van der Waals surface area contributed by atoms with Gasteiger partial charge in [0.2, 0.25) is 0 Å². The Labute approximate surface area is 92.3 Å². The molecule has 0 aliphatic rings. The van der Waals surface area contributed by atoms with Gasteiger partial charge in [-0.05, 0) is 30.5 Å². The number of benzene rings is 1. The Balaban J connectivity index is 2.71. The summed E-state index contributed by atoms with van der Waals surface area (Å²) in [5, 5.41) is 12.2. The van der Waals surface area contributed by atoms with Crippen LogP contribution < -0.4 is 5.32 Å². The third-order valence-electron chi connectivity index (χ3n) is 2.56. The van der Waals surface area contributed by atoms with E-state index in [1.54, 1.807) is 0 Å². The number of hydrogen-bond donors (Lipinski definition) is 2. The quantitative estimate of drug-likeness (QED) is 0.775. The van der Waals surface area contributed by atoms with Gasteiger partial charge in [-0.3, -0.25) is 0 Å². The van der Waals surface area contributed by atoms with E-state index in [2.05, 4.69) is 43.4 Å². The van der Waals surface area contributed by atoms with Crippen LogP contribution in [0, 0.1) is 5.92 Å². The lowest BCUT2D eigenvalue weighted by molar-refractivity contribution is 0.251. The highest BCUT2D eigenvalue weighted by atomic mass is 16.3. The minimum atomic E-state index is 0.0538. The molecule has 0 aliphatic carbocycles. The van der Waals surface area contributed by atoms with Crippen molar-refractivity contribution >= 4 is 0 Å². The van der Waals surface area contributed by atoms with Gasteiger partial charge >= 0.3 is 0 Å². The minimum absolute atomic E-state index is 0.0538. The Morgan fingerprint density at radius 2 is 1.80 bits per heavy atom. The summed E-state index contributed by atoms with van der Waals surface area (Å²) in [4.78, 5) is 0. The summed E-state index contributed by atoms with van der Waals surface area (Å²) in [6.07, 6.45) is 1.11. The summed E-state index contributed by atoms with van der Waals surface area (Å²) in [6.45, 7) is 4.58. The van der Waals surface area contributed by atoms with Gasteiger partial charge in [0.25, 0.3) is 0 Å². The number of nitrogens with one attached hydrogen (secondary N) is 1. The van der Waals surface area contributed by atoms with E-state index in [1.165, 1.54) is 5.56 Å². The minimum Gasteiger partial charge on any atom is -0.394 e. The predicted molar refractivity (Wildman–Crippen MR) is 63.9 cm³/mol. The average Bonchev–Trinajstić information content (AvgIpc) is 2.21. The van der Waals surface area contributed by atoms with Crippen molar-refractivity contribution in [2.75, 3.05) is 13.7 Å². The lowest BCUT2D eigenvalue weighted by Crippen LogP contribution is -2.19. The molecule has 0 aliphatic heterocycles. The molecule has 0 spiro atoms. The first-order chi connectivity index (χ1) is 7.17. The fraction of sp³-hybridized carbons (Fsp3) is 0.538. The molecule has 0 fully saturated rings. The second-order valence-corrected chi connectivity index (χ2v) is 4.36. The van der Waals surface area contributed by atoms with Crippen LogP contribution in [0.1, 0.15) is 31.0 Å². The summed E-state index contributed by atoms with van der Waals surface area (Å²) in [6, 6.07) is 8.53. The van der Waals surface area contributed by atoms with E-state index in [1.807, 2.05) is 7.05 Å². The maximum Gasteiger partial charge on any atom is 0.0626 e. The van der Waals surface area contributed by atoms with Crippen LogP contribution in [0.4, 0.5) is 0 Å². The summed E-state index contributed by atoms with van der Waals surface area (Å²) in [7, 11) is 1.86. The normalized spacial score (nSPS) is 13.1. The van der Waals surface area contributed by atoms with E-state index in [-0.39, 0.29) is 12.6 Å². The molecule has 1 aromatic rings. The van der Waals surface area contributed by atoms with Crippen molar-refractivity contribution < 1.29 is 5.11 Å². The number of rotatable bonds is 5. The number of hydrogen-bond acceptors (Lipinski definition) is 2. The second kappa shape index (κ2) is 5.89. The van der Waals surface area contributed by atoms with E-state index >= 15 is 0 Å². The van der Waals surface area contributed by atoms with Crippen LogP contribution >= 0.6 is 0 Å². The van der Waals surface area contributed by atoms with Crippen molar-refractivity contribution in [1.29, 1.82) is 0 Å². The Hall–Kier alpha value is -0.860. The van der Waals surface area contributed by atoms with Gasteiger partial charge in [0.15, 0.2) is 0 Å². The number of aliphatic hydroxyl groups excluding tert-OH is 1. The summed E-state index contributed by atoms with van der Waals surface area (Å²) in [5.74, 6) is 0.689. The van der Waals surface area contributed by atoms with Gasteiger partial charge in [-0.2, -0.15) is 0 Å². The van der Waals surface area contributed by atoms with Crippen molar-refractivity contribution in [3.8, 4) is 0 Å². The molecular weight excluding hydrogens is 186 g/mol. The predicted octanol–water partition coefficient (Wildman–Crippen LogP) is 2.14. The van der Waals surface area contributed by atoms with Crippen LogP contribution in [0.15, 0.2) is 24.3 Å². The Morgan fingerprint density at radius 3 is 2.20 bits per heavy atom. The van der Waals surface area contributed by atoms with E-state index in [0.29, 0.717) is 5.92 Å². The molecule has 0 bridgehead atoms. The van der Waals surface area contributed by atoms with E-state index in [4.69, 9.17) is 5.11 Å². The molecular formula is C13H21NO. The highest BCUT2D eigenvalue weighted by Crippen LogP contribution is 2.15. The third kappa shape index (κ3) is 3.65. The highest BCUT2D eigenvalue weighted by Gasteiger charge is 2.06. The largest absolute Gasteiger partial charge is 0.394 e. The van der Waals surface area contributed by atoms with E-state index < -0.39 is 0 Å². The number of likely N-dealkylation sites (N-methyl/N-ethyl adjacent to an activating group) is 1. The van der Waals surface area contributed by atoms with E-state index in [9.17, 15) is 0 Å². The average molecular weight is 207 g/mol. The monoisotopic (exact) mass is 207 g/mol. The van der Waals surface area contributed by atoms with Gasteiger partial charge in [-0.15, -0.1) is 0 Å². The van der Waals surface area contributed by atoms with Crippen LogP contribution in [-0.4, -0.2) is 18.8 Å². The van der Waals surface area contributed by atoms with Crippen LogP contribution in [0.25, 0.3) is 0 Å². The van der Waals surface area contributed by atoms with Gasteiger partial charge < -0.3 is 10.4 Å². The Morgan fingerprint density at radius 1 is 1.20 bits per heavy atom. The maximum absolute atomic E-state index is 9.13. The zero-order chi connectivity index (χ0) is 11.3. The van der Waals surface area contributed by atoms with Gasteiger partial charge in [-0.25, -0.2) is 0 Å². The number of aliphatic hydroxyl groups is 1. The molecule has 2 heteroatoms. The highest BCUT2D eigenvalue weighted by molar-refractivity contribution is 5.25. The molecule has 0 aromatic heterocycles. The molecule has 84 valence electrons. The molecule has 0 radical (unpaired) electrons. The van der Waals surface area contributed by atoms with Gasteiger partial charge in [-0.1, -0.05) is 38.1 Å². The molecule has 0 amide bonds. The van der Waals surface area contributed by atoms with E-state index in [0.717, 1.165) is 12.0 Å². The topological polar surface area (TPSA) is 32.3 Å². The van der Waals surface area contributed by atoms with Crippen LogP contribution in [0.5, 0.6) is 0 Å². The summed E-state index contributed by atoms with van der Waals surface area (Å²) >= 11 is 0. The molecule has 0 saturated carbocycles. The molecule has 0 saturated heterocycles. The second-order valence-electron chi connectivity index (χ2n) is 4.36. The zero-order valence-corrected chi connectivity index (χ0v) is 9.83. The van der Waals surface area contributed by atoms with Crippen molar-refractivity contribution in [1.82, 2.24) is 5.32 Å². The van der Waals surface area contributed by atoms with Crippen molar-refractivity contribution in [2.45, 2.75) is 26.3 Å². The summed E-state index contributed by atoms with van der Waals surface area (Å²) in [5.41, 5.74) is 2.51. The Kier molecular flexibility index (Phi) is 4.79. The molecule has 1 aromatic carbocycles. The van der Waals surface area contributed by atoms with Crippen LogP contribution in [-0.2, 0) is 6.42 Å². The summed E-state index contributed by atoms with van der Waals surface area (Å²) < 4.78 is 0. The molecule has 1 atom stereocenters. The molecule has 2 N–H and O–H groups in total. The fourth-order valence-electron chi connectivity index (χ4n) is 1.72. The lowest BCUT2D eigenvalue weighted by Gasteiger charge is -2.14. The molecule has 1 unspecified atom stereocenters. The Bertz CT molecular complexity index is 275.